The highest BCUT2D eigenvalue weighted by molar-refractivity contribution is 5.80. The number of nitrogens with one attached hydrogen (secondary N) is 1. The second kappa shape index (κ2) is 11.9. The Bertz CT molecular complexity index is 180. The Balaban J connectivity index is 3.10. The van der Waals surface area contributed by atoms with Gasteiger partial charge in [0.15, 0.2) is 0 Å². The minimum atomic E-state index is -0.159. The van der Waals surface area contributed by atoms with Crippen LogP contribution in [-0.4, -0.2) is 11.9 Å². The van der Waals surface area contributed by atoms with E-state index in [1.807, 2.05) is 6.92 Å². The summed E-state index contributed by atoms with van der Waals surface area (Å²) in [6.45, 7) is 7.63. The fraction of sp³-hybridized carbons (Fsp3) is 0.867. The first-order chi connectivity index (χ1) is 8.16. The smallest absolute Gasteiger partial charge is 0.220 e. The average Bonchev–Trinajstić information content (AvgIpc) is 2.26. The molecule has 0 saturated carbocycles. The molecule has 2 nitrogen and oxygen atoms in total. The number of hydrogen-bond acceptors (Lipinski definition) is 1. The first-order valence-corrected chi connectivity index (χ1v) is 7.29. The molecule has 0 rings (SSSR count). The summed E-state index contributed by atoms with van der Waals surface area (Å²) in [5, 5.41) is 2.82. The van der Waals surface area contributed by atoms with Gasteiger partial charge >= 0.3 is 0 Å². The molecule has 1 atom stereocenters. The Morgan fingerprint density at radius 2 is 1.47 bits per heavy atom. The summed E-state index contributed by atoms with van der Waals surface area (Å²) in [7, 11) is 0. The molecule has 17 heavy (non-hydrogen) atoms. The highest BCUT2D eigenvalue weighted by Gasteiger charge is 2.02. The van der Waals surface area contributed by atoms with Crippen molar-refractivity contribution >= 4 is 5.91 Å². The molecule has 0 fully saturated rings. The van der Waals surface area contributed by atoms with Crippen LogP contribution in [0.2, 0.25) is 0 Å². The molecule has 0 saturated heterocycles. The molecule has 0 heterocycles. The lowest BCUT2D eigenvalue weighted by Gasteiger charge is -2.11. The largest absolute Gasteiger partial charge is 0.354 e. The number of amides is 1. The van der Waals surface area contributed by atoms with Crippen LogP contribution < -0.4 is 5.32 Å². The lowest BCUT2D eigenvalue weighted by molar-refractivity contribution is -0.117. The molecule has 2 heteroatoms. The number of unbranched alkanes of at least 4 members (excludes halogenated alkanes) is 8. The molecule has 1 radical (unpaired) electrons. The maximum absolute atomic E-state index is 10.7. The van der Waals surface area contributed by atoms with Gasteiger partial charge in [0.25, 0.3) is 0 Å². The van der Waals surface area contributed by atoms with Crippen LogP contribution in [0.1, 0.15) is 78.1 Å². The third-order valence-corrected chi connectivity index (χ3v) is 3.15. The Morgan fingerprint density at radius 1 is 1.00 bits per heavy atom. The predicted molar refractivity (Wildman–Crippen MR) is 74.8 cm³/mol. The summed E-state index contributed by atoms with van der Waals surface area (Å²) < 4.78 is 0. The zero-order valence-electron chi connectivity index (χ0n) is 11.8. The van der Waals surface area contributed by atoms with Gasteiger partial charge < -0.3 is 5.32 Å². The van der Waals surface area contributed by atoms with E-state index in [0.717, 1.165) is 6.42 Å². The minimum Gasteiger partial charge on any atom is -0.354 e. The molecule has 1 amide bonds. The minimum absolute atomic E-state index is 0.159. The van der Waals surface area contributed by atoms with Gasteiger partial charge in [-0.15, -0.1) is 0 Å². The zero-order valence-corrected chi connectivity index (χ0v) is 11.8. The van der Waals surface area contributed by atoms with Gasteiger partial charge in [-0.1, -0.05) is 64.7 Å². The highest BCUT2D eigenvalue weighted by Crippen LogP contribution is 2.11. The van der Waals surface area contributed by atoms with Crippen LogP contribution in [0.3, 0.4) is 0 Å². The average molecular weight is 240 g/mol. The van der Waals surface area contributed by atoms with E-state index >= 15 is 0 Å². The molecule has 0 aromatic heterocycles. The summed E-state index contributed by atoms with van der Waals surface area (Å²) in [4.78, 5) is 10.7. The van der Waals surface area contributed by atoms with Crippen molar-refractivity contribution in [2.45, 2.75) is 84.1 Å². The first-order valence-electron chi connectivity index (χ1n) is 7.29. The SMILES string of the molecule is [CH2]C(=O)NC(C)CCCCCCCCCCC. The zero-order chi connectivity index (χ0) is 12.9. The molecule has 0 aliphatic carbocycles. The van der Waals surface area contributed by atoms with Crippen molar-refractivity contribution in [2.24, 2.45) is 0 Å². The van der Waals surface area contributed by atoms with Crippen LogP contribution in [0.5, 0.6) is 0 Å². The standard InChI is InChI=1S/C15H30NO/c1-4-5-6-7-8-9-10-11-12-13-14(2)16-15(3)17/h14H,3-13H2,1-2H3,(H,16,17). The van der Waals surface area contributed by atoms with E-state index in [1.165, 1.54) is 57.8 Å². The summed E-state index contributed by atoms with van der Waals surface area (Å²) in [5.41, 5.74) is 0. The van der Waals surface area contributed by atoms with Crippen molar-refractivity contribution < 1.29 is 4.79 Å². The number of hydrogen-bond donors (Lipinski definition) is 1. The number of carbonyl (C=O) groups excluding carboxylic acids is 1. The van der Waals surface area contributed by atoms with E-state index in [9.17, 15) is 4.79 Å². The Morgan fingerprint density at radius 3 is 1.94 bits per heavy atom. The summed E-state index contributed by atoms with van der Waals surface area (Å²) >= 11 is 0. The van der Waals surface area contributed by atoms with Crippen LogP contribution in [0.25, 0.3) is 0 Å². The van der Waals surface area contributed by atoms with Gasteiger partial charge in [0.1, 0.15) is 0 Å². The van der Waals surface area contributed by atoms with Gasteiger partial charge in [-0.3, -0.25) is 4.79 Å². The molecule has 1 unspecified atom stereocenters. The van der Waals surface area contributed by atoms with Gasteiger partial charge in [-0.25, -0.2) is 0 Å². The lowest BCUT2D eigenvalue weighted by atomic mass is 10.0. The van der Waals surface area contributed by atoms with Gasteiger partial charge in [-0.05, 0) is 13.3 Å². The van der Waals surface area contributed by atoms with Crippen molar-refractivity contribution in [3.05, 3.63) is 6.92 Å². The van der Waals surface area contributed by atoms with Crippen LogP contribution in [0, 0.1) is 6.92 Å². The molecular formula is C15H30NO. The highest BCUT2D eigenvalue weighted by atomic mass is 16.1. The van der Waals surface area contributed by atoms with E-state index < -0.39 is 0 Å². The van der Waals surface area contributed by atoms with Crippen molar-refractivity contribution in [2.75, 3.05) is 0 Å². The summed E-state index contributed by atoms with van der Waals surface area (Å²) in [5.74, 6) is -0.159. The van der Waals surface area contributed by atoms with Gasteiger partial charge in [-0.2, -0.15) is 0 Å². The fourth-order valence-corrected chi connectivity index (χ4v) is 2.11. The molecule has 0 aromatic carbocycles. The van der Waals surface area contributed by atoms with E-state index in [4.69, 9.17) is 0 Å². The molecule has 0 bridgehead atoms. The van der Waals surface area contributed by atoms with E-state index in [1.54, 1.807) is 0 Å². The quantitative estimate of drug-likeness (QED) is 0.538. The fourth-order valence-electron chi connectivity index (χ4n) is 2.11. The molecule has 101 valence electrons. The summed E-state index contributed by atoms with van der Waals surface area (Å²) in [6.07, 6.45) is 13.2. The van der Waals surface area contributed by atoms with E-state index in [-0.39, 0.29) is 11.9 Å². The molecular weight excluding hydrogens is 210 g/mol. The Labute approximate surface area is 108 Å². The van der Waals surface area contributed by atoms with Crippen molar-refractivity contribution in [3.8, 4) is 0 Å². The third kappa shape index (κ3) is 13.4. The predicted octanol–water partition coefficient (Wildman–Crippen LogP) is 4.25. The van der Waals surface area contributed by atoms with Crippen LogP contribution in [0.4, 0.5) is 0 Å². The topological polar surface area (TPSA) is 29.1 Å². The maximum atomic E-state index is 10.7. The molecule has 0 spiro atoms. The normalized spacial score (nSPS) is 12.4. The molecule has 1 N–H and O–H groups in total. The van der Waals surface area contributed by atoms with Crippen LogP contribution in [0.15, 0.2) is 0 Å². The monoisotopic (exact) mass is 240 g/mol. The Kier molecular flexibility index (Phi) is 11.6. The number of rotatable bonds is 11. The van der Waals surface area contributed by atoms with Crippen LogP contribution in [-0.2, 0) is 4.79 Å². The molecule has 0 aliphatic heterocycles. The van der Waals surface area contributed by atoms with Crippen molar-refractivity contribution in [3.63, 3.8) is 0 Å². The molecule has 0 aromatic rings. The third-order valence-electron chi connectivity index (χ3n) is 3.15. The Hall–Kier alpha value is -0.530. The van der Waals surface area contributed by atoms with Gasteiger partial charge in [0.05, 0.1) is 0 Å². The number of carbonyl (C=O) groups is 1. The van der Waals surface area contributed by atoms with Gasteiger partial charge in [0.2, 0.25) is 5.91 Å². The first kappa shape index (κ1) is 16.5. The van der Waals surface area contributed by atoms with Crippen molar-refractivity contribution in [1.82, 2.24) is 5.32 Å². The van der Waals surface area contributed by atoms with Crippen LogP contribution >= 0.6 is 0 Å². The second-order valence-corrected chi connectivity index (χ2v) is 5.09. The maximum Gasteiger partial charge on any atom is 0.220 e. The summed E-state index contributed by atoms with van der Waals surface area (Å²) in [6, 6.07) is 0.282. The second-order valence-electron chi connectivity index (χ2n) is 5.09. The van der Waals surface area contributed by atoms with E-state index in [2.05, 4.69) is 19.2 Å². The van der Waals surface area contributed by atoms with E-state index in [0.29, 0.717) is 0 Å². The van der Waals surface area contributed by atoms with Gasteiger partial charge in [0, 0.05) is 13.0 Å². The lowest BCUT2D eigenvalue weighted by Crippen LogP contribution is -2.30. The molecule has 0 aliphatic rings. The van der Waals surface area contributed by atoms with Crippen molar-refractivity contribution in [1.29, 1.82) is 0 Å².